The van der Waals surface area contributed by atoms with Crippen LogP contribution in [-0.4, -0.2) is 28.5 Å². The second-order valence-electron chi connectivity index (χ2n) is 6.31. The van der Waals surface area contributed by atoms with Gasteiger partial charge in [0.15, 0.2) is 11.5 Å². The highest BCUT2D eigenvalue weighted by molar-refractivity contribution is 5.41. The summed E-state index contributed by atoms with van der Waals surface area (Å²) in [5.41, 5.74) is 4.47. The summed E-state index contributed by atoms with van der Waals surface area (Å²) in [4.78, 5) is 0. The smallest absolute Gasteiger partial charge is 0.160 e. The van der Waals surface area contributed by atoms with E-state index in [1.54, 1.807) is 19.2 Å². The van der Waals surface area contributed by atoms with Gasteiger partial charge in [0, 0.05) is 12.7 Å². The third-order valence-corrected chi connectivity index (χ3v) is 4.39. The van der Waals surface area contributed by atoms with E-state index >= 15 is 0 Å². The number of nitrogens with one attached hydrogen (secondary N) is 1. The van der Waals surface area contributed by atoms with E-state index in [1.807, 2.05) is 28.9 Å². The quantitative estimate of drug-likeness (QED) is 0.609. The van der Waals surface area contributed by atoms with Gasteiger partial charge in [-0.2, -0.15) is 5.10 Å². The van der Waals surface area contributed by atoms with Crippen molar-refractivity contribution in [2.75, 3.05) is 13.7 Å². The number of methoxy groups -OCH3 is 1. The van der Waals surface area contributed by atoms with Gasteiger partial charge in [0.05, 0.1) is 18.5 Å². The number of aromatic nitrogens is 2. The van der Waals surface area contributed by atoms with Crippen molar-refractivity contribution in [3.05, 3.63) is 71.5 Å². The molecule has 0 aliphatic carbocycles. The second-order valence-corrected chi connectivity index (χ2v) is 6.31. The van der Waals surface area contributed by atoms with Crippen LogP contribution in [0.15, 0.2) is 54.7 Å². The Morgan fingerprint density at radius 2 is 1.96 bits per heavy atom. The van der Waals surface area contributed by atoms with E-state index in [1.165, 1.54) is 5.56 Å². The SMILES string of the molecule is COc1ccc(CNCCCc2cn(-c3ccccc3)nc2C)cc1O. The number of phenols is 1. The summed E-state index contributed by atoms with van der Waals surface area (Å²) >= 11 is 0. The predicted octanol–water partition coefficient (Wildman–Crippen LogP) is 3.62. The lowest BCUT2D eigenvalue weighted by atomic mass is 10.1. The molecule has 3 rings (SSSR count). The van der Waals surface area contributed by atoms with Crippen molar-refractivity contribution >= 4 is 0 Å². The van der Waals surface area contributed by atoms with Gasteiger partial charge >= 0.3 is 0 Å². The molecule has 0 unspecified atom stereocenters. The van der Waals surface area contributed by atoms with Crippen LogP contribution in [0.1, 0.15) is 23.2 Å². The fraction of sp³-hybridized carbons (Fsp3) is 0.286. The van der Waals surface area contributed by atoms with Gasteiger partial charge in [-0.1, -0.05) is 24.3 Å². The summed E-state index contributed by atoms with van der Waals surface area (Å²) in [6.07, 6.45) is 4.13. The Bertz CT molecular complexity index is 844. The molecule has 1 aromatic heterocycles. The number of para-hydroxylation sites is 1. The molecule has 5 heteroatoms. The zero-order valence-corrected chi connectivity index (χ0v) is 15.3. The second kappa shape index (κ2) is 8.54. The Hall–Kier alpha value is -2.79. The van der Waals surface area contributed by atoms with Crippen LogP contribution >= 0.6 is 0 Å². The minimum atomic E-state index is 0.177. The van der Waals surface area contributed by atoms with Gasteiger partial charge in [-0.3, -0.25) is 0 Å². The average Bonchev–Trinajstić information content (AvgIpc) is 3.03. The zero-order valence-electron chi connectivity index (χ0n) is 15.3. The van der Waals surface area contributed by atoms with E-state index in [-0.39, 0.29) is 5.75 Å². The predicted molar refractivity (Wildman–Crippen MR) is 103 cm³/mol. The molecule has 0 atom stereocenters. The molecule has 0 aliphatic heterocycles. The Morgan fingerprint density at radius 3 is 2.69 bits per heavy atom. The van der Waals surface area contributed by atoms with Gasteiger partial charge in [-0.25, -0.2) is 4.68 Å². The number of hydrogen-bond donors (Lipinski definition) is 2. The first-order chi connectivity index (χ1) is 12.7. The maximum Gasteiger partial charge on any atom is 0.160 e. The van der Waals surface area contributed by atoms with Crippen LogP contribution in [0.25, 0.3) is 5.69 Å². The van der Waals surface area contributed by atoms with Gasteiger partial charge in [0.25, 0.3) is 0 Å². The fourth-order valence-electron chi connectivity index (χ4n) is 2.94. The molecule has 0 amide bonds. The van der Waals surface area contributed by atoms with E-state index < -0.39 is 0 Å². The molecular weight excluding hydrogens is 326 g/mol. The highest BCUT2D eigenvalue weighted by atomic mass is 16.5. The molecule has 0 saturated heterocycles. The summed E-state index contributed by atoms with van der Waals surface area (Å²) < 4.78 is 7.00. The minimum absolute atomic E-state index is 0.177. The Morgan fingerprint density at radius 1 is 1.15 bits per heavy atom. The third-order valence-electron chi connectivity index (χ3n) is 4.39. The number of benzene rings is 2. The number of phenolic OH excluding ortho intramolecular Hbond substituents is 1. The number of nitrogens with zero attached hydrogens (tertiary/aromatic N) is 2. The van der Waals surface area contributed by atoms with E-state index in [9.17, 15) is 5.11 Å². The molecule has 0 radical (unpaired) electrons. The molecule has 0 aliphatic rings. The van der Waals surface area contributed by atoms with Crippen LogP contribution in [0.2, 0.25) is 0 Å². The molecule has 0 bridgehead atoms. The summed E-state index contributed by atoms with van der Waals surface area (Å²) in [5, 5.41) is 17.8. The van der Waals surface area contributed by atoms with Gasteiger partial charge in [0.2, 0.25) is 0 Å². The van der Waals surface area contributed by atoms with E-state index in [2.05, 4.69) is 35.7 Å². The first-order valence-corrected chi connectivity index (χ1v) is 8.84. The Kier molecular flexibility index (Phi) is 5.92. The molecular formula is C21H25N3O2. The van der Waals surface area contributed by atoms with Gasteiger partial charge in [0.1, 0.15) is 0 Å². The van der Waals surface area contributed by atoms with Crippen LogP contribution in [0.5, 0.6) is 11.5 Å². The number of ether oxygens (including phenoxy) is 1. The van der Waals surface area contributed by atoms with Crippen molar-refractivity contribution in [1.29, 1.82) is 0 Å². The lowest BCUT2D eigenvalue weighted by molar-refractivity contribution is 0.373. The molecule has 5 nitrogen and oxygen atoms in total. The van der Waals surface area contributed by atoms with Crippen LogP contribution in [-0.2, 0) is 13.0 Å². The van der Waals surface area contributed by atoms with Crippen molar-refractivity contribution in [1.82, 2.24) is 15.1 Å². The summed E-state index contributed by atoms with van der Waals surface area (Å²) in [6.45, 7) is 3.69. The lowest BCUT2D eigenvalue weighted by Gasteiger charge is -2.07. The summed E-state index contributed by atoms with van der Waals surface area (Å²) in [6, 6.07) is 15.6. The fourth-order valence-corrected chi connectivity index (χ4v) is 2.94. The van der Waals surface area contributed by atoms with Crippen molar-refractivity contribution in [2.24, 2.45) is 0 Å². The molecule has 0 spiro atoms. The van der Waals surface area contributed by atoms with E-state index in [0.717, 1.165) is 42.9 Å². The number of rotatable bonds is 8. The molecule has 2 aromatic carbocycles. The summed E-state index contributed by atoms with van der Waals surface area (Å²) in [7, 11) is 1.55. The normalized spacial score (nSPS) is 10.8. The van der Waals surface area contributed by atoms with Crippen molar-refractivity contribution in [2.45, 2.75) is 26.3 Å². The molecule has 3 aromatic rings. The lowest BCUT2D eigenvalue weighted by Crippen LogP contribution is -2.15. The minimum Gasteiger partial charge on any atom is -0.504 e. The van der Waals surface area contributed by atoms with E-state index in [0.29, 0.717) is 5.75 Å². The zero-order chi connectivity index (χ0) is 18.4. The standard InChI is InChI=1S/C21H25N3O2/c1-16-18(15-24(23-16)19-8-4-3-5-9-19)7-6-12-22-14-17-10-11-21(26-2)20(25)13-17/h3-5,8-11,13,15,22,25H,6-7,12,14H2,1-2H3. The van der Waals surface area contributed by atoms with Gasteiger partial charge in [-0.05, 0) is 61.7 Å². The Labute approximate surface area is 154 Å². The Balaban J connectivity index is 1.47. The maximum absolute atomic E-state index is 9.81. The number of aryl methyl sites for hydroxylation is 2. The molecule has 2 N–H and O–H groups in total. The first kappa shape index (κ1) is 18.0. The number of hydrogen-bond acceptors (Lipinski definition) is 4. The summed E-state index contributed by atoms with van der Waals surface area (Å²) in [5.74, 6) is 0.676. The van der Waals surface area contributed by atoms with Crippen LogP contribution in [0, 0.1) is 6.92 Å². The average molecular weight is 351 g/mol. The largest absolute Gasteiger partial charge is 0.504 e. The van der Waals surface area contributed by atoms with Gasteiger partial charge in [-0.15, -0.1) is 0 Å². The maximum atomic E-state index is 9.81. The van der Waals surface area contributed by atoms with Crippen molar-refractivity contribution in [3.63, 3.8) is 0 Å². The third kappa shape index (κ3) is 4.43. The topological polar surface area (TPSA) is 59.3 Å². The monoisotopic (exact) mass is 351 g/mol. The van der Waals surface area contributed by atoms with Crippen molar-refractivity contribution < 1.29 is 9.84 Å². The molecule has 136 valence electrons. The first-order valence-electron chi connectivity index (χ1n) is 8.84. The highest BCUT2D eigenvalue weighted by Crippen LogP contribution is 2.26. The molecule has 1 heterocycles. The van der Waals surface area contributed by atoms with Crippen LogP contribution in [0.3, 0.4) is 0 Å². The van der Waals surface area contributed by atoms with E-state index in [4.69, 9.17) is 4.74 Å². The van der Waals surface area contributed by atoms with Crippen molar-refractivity contribution in [3.8, 4) is 17.2 Å². The highest BCUT2D eigenvalue weighted by Gasteiger charge is 2.06. The molecule has 0 fully saturated rings. The molecule has 26 heavy (non-hydrogen) atoms. The molecule has 0 saturated carbocycles. The van der Waals surface area contributed by atoms with Gasteiger partial charge < -0.3 is 15.2 Å². The van der Waals surface area contributed by atoms with Crippen LogP contribution < -0.4 is 10.1 Å². The van der Waals surface area contributed by atoms with Crippen LogP contribution in [0.4, 0.5) is 0 Å². The number of aromatic hydroxyl groups is 1.